The van der Waals surface area contributed by atoms with E-state index in [9.17, 15) is 10.2 Å². The van der Waals surface area contributed by atoms with Crippen molar-refractivity contribution in [3.63, 3.8) is 0 Å². The summed E-state index contributed by atoms with van der Waals surface area (Å²) in [7, 11) is 0. The molecule has 0 amide bonds. The summed E-state index contributed by atoms with van der Waals surface area (Å²) in [4.78, 5) is 7.37. The van der Waals surface area contributed by atoms with Crippen LogP contribution >= 0.6 is 0 Å². The molecule has 1 aliphatic rings. The Balaban J connectivity index is 2.45. The second-order valence-electron chi connectivity index (χ2n) is 3.83. The van der Waals surface area contributed by atoms with Crippen LogP contribution < -0.4 is 0 Å². The van der Waals surface area contributed by atoms with E-state index in [0.29, 0.717) is 5.69 Å². The lowest BCUT2D eigenvalue weighted by Gasteiger charge is -2.40. The summed E-state index contributed by atoms with van der Waals surface area (Å²) in [5, 5.41) is 18.9. The lowest BCUT2D eigenvalue weighted by Crippen LogP contribution is -2.34. The van der Waals surface area contributed by atoms with Crippen molar-refractivity contribution in [1.29, 1.82) is 0 Å². The Morgan fingerprint density at radius 2 is 2.07 bits per heavy atom. The number of hydrogen-bond acceptors (Lipinski definition) is 4. The molecule has 75 valence electrons. The molecule has 0 unspecified atom stereocenters. The average molecular weight is 193 g/mol. The maximum absolute atomic E-state index is 9.63. The highest BCUT2D eigenvalue weighted by Crippen LogP contribution is 2.49. The number of rotatable bonds is 2. The summed E-state index contributed by atoms with van der Waals surface area (Å²) in [6.07, 6.45) is 6.47. The van der Waals surface area contributed by atoms with Crippen LogP contribution in [0.15, 0.2) is 0 Å². The second-order valence-corrected chi connectivity index (χ2v) is 3.83. The number of nitrogens with zero attached hydrogens (tertiary/aromatic N) is 2. The molecule has 1 saturated carbocycles. The predicted octanol–water partition coefficient (Wildman–Crippen LogP) is 1.52. The molecule has 14 heavy (non-hydrogen) atoms. The fourth-order valence-corrected chi connectivity index (χ4v) is 2.07. The Morgan fingerprint density at radius 1 is 1.36 bits per heavy atom. The van der Waals surface area contributed by atoms with Crippen molar-refractivity contribution >= 4 is 0 Å². The summed E-state index contributed by atoms with van der Waals surface area (Å²) < 4.78 is 0. The van der Waals surface area contributed by atoms with E-state index in [4.69, 9.17) is 0 Å². The minimum absolute atomic E-state index is 0.0546. The smallest absolute Gasteiger partial charge is 0.258 e. The van der Waals surface area contributed by atoms with Crippen molar-refractivity contribution in [3.8, 4) is 11.6 Å². The SMILES string of the molecule is CCC1(c2n[c]nc(O)c2O)CCC1. The Morgan fingerprint density at radius 3 is 2.57 bits per heavy atom. The fraction of sp³-hybridized carbons (Fsp3) is 0.600. The molecular formula is C10H13N2O2. The molecule has 1 aromatic heterocycles. The minimum atomic E-state index is -0.366. The van der Waals surface area contributed by atoms with Gasteiger partial charge in [-0.1, -0.05) is 13.3 Å². The van der Waals surface area contributed by atoms with Gasteiger partial charge in [0.25, 0.3) is 5.88 Å². The highest BCUT2D eigenvalue weighted by molar-refractivity contribution is 5.40. The molecule has 0 bridgehead atoms. The van der Waals surface area contributed by atoms with E-state index in [-0.39, 0.29) is 17.0 Å². The number of aromatic nitrogens is 2. The van der Waals surface area contributed by atoms with Gasteiger partial charge in [0.15, 0.2) is 0 Å². The number of aromatic hydroxyl groups is 2. The predicted molar refractivity (Wildman–Crippen MR) is 50.0 cm³/mol. The van der Waals surface area contributed by atoms with E-state index in [2.05, 4.69) is 23.2 Å². The van der Waals surface area contributed by atoms with Gasteiger partial charge in [-0.05, 0) is 19.3 Å². The summed E-state index contributed by atoms with van der Waals surface area (Å²) >= 11 is 0. The molecule has 0 aromatic carbocycles. The molecule has 0 aliphatic heterocycles. The van der Waals surface area contributed by atoms with Gasteiger partial charge in [0.1, 0.15) is 0 Å². The van der Waals surface area contributed by atoms with E-state index in [1.165, 1.54) is 0 Å². The largest absolute Gasteiger partial charge is 0.502 e. The molecule has 0 spiro atoms. The average Bonchev–Trinajstić information content (AvgIpc) is 2.11. The zero-order valence-corrected chi connectivity index (χ0v) is 8.12. The van der Waals surface area contributed by atoms with Crippen molar-refractivity contribution < 1.29 is 10.2 Å². The first-order valence-electron chi connectivity index (χ1n) is 4.86. The summed E-state index contributed by atoms with van der Waals surface area (Å²) in [6, 6.07) is 0. The molecular weight excluding hydrogens is 180 g/mol. The summed E-state index contributed by atoms with van der Waals surface area (Å²) in [5.41, 5.74) is 0.500. The van der Waals surface area contributed by atoms with Crippen LogP contribution in [0.1, 0.15) is 38.3 Å². The van der Waals surface area contributed by atoms with Gasteiger partial charge in [0.2, 0.25) is 12.1 Å². The maximum Gasteiger partial charge on any atom is 0.258 e. The third-order valence-corrected chi connectivity index (χ3v) is 3.24. The van der Waals surface area contributed by atoms with E-state index in [0.717, 1.165) is 25.7 Å². The standard InChI is InChI=1S/C10H13N2O2/c1-2-10(4-3-5-10)8-7(13)9(14)12-6-11-8/h13H,2-5H2,1H3,(H,11,12,14). The first-order chi connectivity index (χ1) is 6.69. The van der Waals surface area contributed by atoms with E-state index < -0.39 is 0 Å². The quantitative estimate of drug-likeness (QED) is 0.747. The van der Waals surface area contributed by atoms with Crippen LogP contribution in [0.5, 0.6) is 11.6 Å². The molecule has 4 heteroatoms. The zero-order chi connectivity index (χ0) is 10.2. The van der Waals surface area contributed by atoms with Crippen molar-refractivity contribution in [2.24, 2.45) is 0 Å². The zero-order valence-electron chi connectivity index (χ0n) is 8.12. The third kappa shape index (κ3) is 1.14. The molecule has 1 aliphatic carbocycles. The number of hydrogen-bond donors (Lipinski definition) is 2. The maximum atomic E-state index is 9.63. The van der Waals surface area contributed by atoms with Gasteiger partial charge < -0.3 is 10.2 Å². The van der Waals surface area contributed by atoms with Gasteiger partial charge in [-0.15, -0.1) is 0 Å². The van der Waals surface area contributed by atoms with E-state index in [1.54, 1.807) is 0 Å². The van der Waals surface area contributed by atoms with Crippen LogP contribution in [0, 0.1) is 6.33 Å². The Kier molecular flexibility index (Phi) is 2.06. The van der Waals surface area contributed by atoms with Gasteiger partial charge in [-0.3, -0.25) is 0 Å². The van der Waals surface area contributed by atoms with E-state index in [1.807, 2.05) is 0 Å². The molecule has 0 saturated heterocycles. The van der Waals surface area contributed by atoms with Crippen LogP contribution in [-0.4, -0.2) is 20.2 Å². The molecule has 2 rings (SSSR count). The molecule has 1 fully saturated rings. The van der Waals surface area contributed by atoms with Crippen molar-refractivity contribution in [2.45, 2.75) is 38.0 Å². The Labute approximate surface area is 82.6 Å². The first-order valence-corrected chi connectivity index (χ1v) is 4.86. The van der Waals surface area contributed by atoms with Crippen LogP contribution in [0.2, 0.25) is 0 Å². The topological polar surface area (TPSA) is 66.2 Å². The van der Waals surface area contributed by atoms with Crippen molar-refractivity contribution in [2.75, 3.05) is 0 Å². The van der Waals surface area contributed by atoms with Gasteiger partial charge in [-0.25, -0.2) is 4.98 Å². The van der Waals surface area contributed by atoms with Crippen LogP contribution in [-0.2, 0) is 5.41 Å². The Bertz CT molecular complexity index is 342. The first kappa shape index (κ1) is 9.24. The van der Waals surface area contributed by atoms with Gasteiger partial charge >= 0.3 is 0 Å². The summed E-state index contributed by atoms with van der Waals surface area (Å²) in [6.45, 7) is 2.07. The molecule has 2 N–H and O–H groups in total. The molecule has 1 heterocycles. The normalized spacial score (nSPS) is 18.9. The monoisotopic (exact) mass is 193 g/mol. The van der Waals surface area contributed by atoms with Gasteiger partial charge in [-0.2, -0.15) is 4.98 Å². The third-order valence-electron chi connectivity index (χ3n) is 3.24. The highest BCUT2D eigenvalue weighted by Gasteiger charge is 2.41. The van der Waals surface area contributed by atoms with E-state index >= 15 is 0 Å². The lowest BCUT2D eigenvalue weighted by molar-refractivity contribution is 0.216. The van der Waals surface area contributed by atoms with Crippen molar-refractivity contribution in [1.82, 2.24) is 9.97 Å². The molecule has 0 atom stereocenters. The molecule has 4 nitrogen and oxygen atoms in total. The van der Waals surface area contributed by atoms with Gasteiger partial charge in [0, 0.05) is 5.41 Å². The van der Waals surface area contributed by atoms with Crippen LogP contribution in [0.4, 0.5) is 0 Å². The van der Waals surface area contributed by atoms with Gasteiger partial charge in [0.05, 0.1) is 5.69 Å². The lowest BCUT2D eigenvalue weighted by atomic mass is 9.64. The highest BCUT2D eigenvalue weighted by atomic mass is 16.3. The van der Waals surface area contributed by atoms with Crippen LogP contribution in [0.25, 0.3) is 0 Å². The minimum Gasteiger partial charge on any atom is -0.502 e. The van der Waals surface area contributed by atoms with Crippen LogP contribution in [0.3, 0.4) is 0 Å². The fourth-order valence-electron chi connectivity index (χ4n) is 2.07. The molecule has 1 radical (unpaired) electrons. The second kappa shape index (κ2) is 3.12. The van der Waals surface area contributed by atoms with Crippen molar-refractivity contribution in [3.05, 3.63) is 12.0 Å². The Hall–Kier alpha value is -1.32. The summed E-state index contributed by atoms with van der Waals surface area (Å²) in [5.74, 6) is -0.542. The molecule has 1 aromatic rings.